The van der Waals surface area contributed by atoms with Crippen LogP contribution in [0.1, 0.15) is 63.9 Å². The molecular weight excluding hydrogens is 718 g/mol. The van der Waals surface area contributed by atoms with Gasteiger partial charge in [0, 0.05) is 88.4 Å². The van der Waals surface area contributed by atoms with Gasteiger partial charge < -0.3 is 29.2 Å². The predicted molar refractivity (Wildman–Crippen MR) is 166 cm³/mol. The number of ether oxygens (including phenoxy) is 2. The zero-order valence-corrected chi connectivity index (χ0v) is 32.5. The van der Waals surface area contributed by atoms with Crippen LogP contribution in [0.5, 0.6) is 0 Å². The average molecular weight is 755 g/mol. The molecule has 2 atom stereocenters. The van der Waals surface area contributed by atoms with Gasteiger partial charge in [-0.25, -0.2) is 0 Å². The molecule has 0 N–H and O–H groups in total. The summed E-state index contributed by atoms with van der Waals surface area (Å²) in [6.45, 7) is 15.2. The van der Waals surface area contributed by atoms with E-state index in [-0.39, 0.29) is 65.4 Å². The number of pyridine rings is 2. The van der Waals surface area contributed by atoms with Crippen molar-refractivity contribution < 1.29 is 84.5 Å². The maximum Gasteiger partial charge on any atom is 0.294 e. The first kappa shape index (κ1) is 37.0. The smallest absolute Gasteiger partial charge is 0.294 e. The molecule has 2 aliphatic rings. The Bertz CT molecular complexity index is 1700. The standard InChI is InChI=1S/C18H19N2O2.C17H17N2O2.2Y/c1-11-8-12(2)16-9-15-6-5-7-19-18(15)20(14(4)22-10-21)17(16)13(11)3;1-11-7-12(2)15-9-14-5-4-6-18-17(14)19(16(15)8-11)13(3)21-10-20;;/h5-6,8,10,14H,9H2,1-4H3;4-5,7-8,10,13H,9H2,1-3H3;;/q2*-1;;. The number of carbonyl (C=O) groups is 2. The van der Waals surface area contributed by atoms with Crippen LogP contribution in [0.4, 0.5) is 23.0 Å². The summed E-state index contributed by atoms with van der Waals surface area (Å²) in [7, 11) is 0. The monoisotopic (exact) mass is 754 g/mol. The molecule has 0 saturated heterocycles. The SMILES string of the molecule is Cc1cc(C)c2c(c1)N(C(C)OC=O)c1n[c-]ccc1C2.Cc1cc(C)c2c(c1C)N(C(C)OC=O)c1n[c-]ccc1C2.[Y].[Y]. The first-order valence-electron chi connectivity index (χ1n) is 14.3. The predicted octanol–water partition coefficient (Wildman–Crippen LogP) is 6.42. The van der Waals surface area contributed by atoms with Crippen molar-refractivity contribution in [3.63, 3.8) is 0 Å². The zero-order valence-electron chi connectivity index (χ0n) is 26.8. The van der Waals surface area contributed by atoms with E-state index in [9.17, 15) is 9.59 Å². The Hall–Kier alpha value is -2.51. The quantitative estimate of drug-likeness (QED) is 0.165. The molecule has 8 nitrogen and oxygen atoms in total. The first-order chi connectivity index (χ1) is 20.7. The Labute approximate surface area is 316 Å². The van der Waals surface area contributed by atoms with Crippen LogP contribution in [0.25, 0.3) is 0 Å². The molecule has 0 spiro atoms. The summed E-state index contributed by atoms with van der Waals surface area (Å²) in [4.78, 5) is 34.3. The minimum atomic E-state index is -0.418. The molecule has 45 heavy (non-hydrogen) atoms. The van der Waals surface area contributed by atoms with Crippen LogP contribution in [0.3, 0.4) is 0 Å². The van der Waals surface area contributed by atoms with Gasteiger partial charge in [0.2, 0.25) is 0 Å². The Morgan fingerprint density at radius 1 is 0.733 bits per heavy atom. The van der Waals surface area contributed by atoms with Gasteiger partial charge in [0.1, 0.15) is 0 Å². The fourth-order valence-electron chi connectivity index (χ4n) is 6.15. The van der Waals surface area contributed by atoms with Crippen molar-refractivity contribution in [1.29, 1.82) is 0 Å². The van der Waals surface area contributed by atoms with Gasteiger partial charge in [-0.2, -0.15) is 24.3 Å². The fourth-order valence-corrected chi connectivity index (χ4v) is 6.15. The molecule has 0 aliphatic carbocycles. The molecule has 2 aromatic heterocycles. The number of carbonyl (C=O) groups excluding carboxylic acids is 2. The van der Waals surface area contributed by atoms with Crippen LogP contribution in [0, 0.1) is 47.0 Å². The van der Waals surface area contributed by atoms with Crippen LogP contribution >= 0.6 is 0 Å². The van der Waals surface area contributed by atoms with Crippen molar-refractivity contribution >= 4 is 36.0 Å². The number of rotatable bonds is 6. The summed E-state index contributed by atoms with van der Waals surface area (Å²) in [6, 6.07) is 14.2. The van der Waals surface area contributed by atoms with Crippen LogP contribution in [-0.2, 0) is 97.3 Å². The summed E-state index contributed by atoms with van der Waals surface area (Å²) in [5.74, 6) is 1.63. The summed E-state index contributed by atoms with van der Waals surface area (Å²) in [5.41, 5.74) is 13.0. The van der Waals surface area contributed by atoms with Crippen molar-refractivity contribution in [2.45, 2.75) is 73.8 Å². The van der Waals surface area contributed by atoms with E-state index in [1.54, 1.807) is 0 Å². The van der Waals surface area contributed by atoms with Crippen LogP contribution in [0.2, 0.25) is 0 Å². The molecule has 0 amide bonds. The number of nitrogens with zero attached hydrogens (tertiary/aromatic N) is 4. The van der Waals surface area contributed by atoms with Crippen LogP contribution in [-0.4, -0.2) is 35.4 Å². The number of aryl methyl sites for hydroxylation is 4. The number of benzene rings is 2. The molecule has 228 valence electrons. The van der Waals surface area contributed by atoms with E-state index >= 15 is 0 Å². The first-order valence-corrected chi connectivity index (χ1v) is 14.3. The molecule has 0 bridgehead atoms. The van der Waals surface area contributed by atoms with E-state index in [1.165, 1.54) is 38.9 Å². The maximum atomic E-state index is 10.8. The molecule has 2 radical (unpaired) electrons. The molecule has 10 heteroatoms. The van der Waals surface area contributed by atoms with Crippen molar-refractivity contribution in [1.82, 2.24) is 9.97 Å². The minimum absolute atomic E-state index is 0. The molecule has 2 unspecified atom stereocenters. The van der Waals surface area contributed by atoms with Crippen LogP contribution < -0.4 is 9.80 Å². The molecule has 6 rings (SSSR count). The largest absolute Gasteiger partial charge is 0.445 e. The molecular formula is C35H36N4O4Y2-2. The second-order valence-electron chi connectivity index (χ2n) is 11.1. The van der Waals surface area contributed by atoms with Gasteiger partial charge in [0.25, 0.3) is 12.9 Å². The third-order valence-corrected chi connectivity index (χ3v) is 8.29. The Kier molecular flexibility index (Phi) is 13.0. The Balaban J connectivity index is 0.000000235. The molecule has 0 saturated carbocycles. The third-order valence-electron chi connectivity index (χ3n) is 8.29. The van der Waals surface area contributed by atoms with E-state index in [0.717, 1.165) is 47.0 Å². The number of hydrogen-bond acceptors (Lipinski definition) is 8. The summed E-state index contributed by atoms with van der Waals surface area (Å²) >= 11 is 0. The van der Waals surface area contributed by atoms with E-state index in [1.807, 2.05) is 47.9 Å². The summed E-state index contributed by atoms with van der Waals surface area (Å²) < 4.78 is 10.4. The molecule has 2 aromatic carbocycles. The van der Waals surface area contributed by atoms with E-state index in [2.05, 4.69) is 75.2 Å². The van der Waals surface area contributed by atoms with Crippen molar-refractivity contribution in [2.24, 2.45) is 0 Å². The third kappa shape index (κ3) is 7.40. The van der Waals surface area contributed by atoms with E-state index < -0.39 is 12.5 Å². The summed E-state index contributed by atoms with van der Waals surface area (Å²) in [6.07, 6.45) is 6.61. The van der Waals surface area contributed by atoms with E-state index in [0.29, 0.717) is 12.9 Å². The summed E-state index contributed by atoms with van der Waals surface area (Å²) in [5, 5.41) is 0. The fraction of sp³-hybridized carbons (Fsp3) is 0.314. The van der Waals surface area contributed by atoms with Crippen molar-refractivity contribution in [2.75, 3.05) is 9.80 Å². The van der Waals surface area contributed by atoms with Gasteiger partial charge >= 0.3 is 0 Å². The minimum Gasteiger partial charge on any atom is -0.445 e. The zero-order chi connectivity index (χ0) is 30.8. The van der Waals surface area contributed by atoms with Gasteiger partial charge in [-0.15, -0.1) is 11.1 Å². The molecule has 4 aromatic rings. The van der Waals surface area contributed by atoms with E-state index in [4.69, 9.17) is 9.47 Å². The Morgan fingerprint density at radius 2 is 1.24 bits per heavy atom. The number of anilines is 4. The average Bonchev–Trinajstić information content (AvgIpc) is 2.98. The normalized spacial score (nSPS) is 13.5. The van der Waals surface area contributed by atoms with Crippen LogP contribution in [0.15, 0.2) is 42.5 Å². The molecule has 2 aliphatic heterocycles. The topological polar surface area (TPSA) is 84.9 Å². The van der Waals surface area contributed by atoms with Gasteiger partial charge in [-0.05, 0) is 106 Å². The molecule has 4 heterocycles. The van der Waals surface area contributed by atoms with Gasteiger partial charge in [-0.1, -0.05) is 24.5 Å². The number of aromatic nitrogens is 2. The van der Waals surface area contributed by atoms with Crippen molar-refractivity contribution in [3.05, 3.63) is 105 Å². The molecule has 0 fully saturated rings. The Morgan fingerprint density at radius 3 is 1.82 bits per heavy atom. The van der Waals surface area contributed by atoms with Gasteiger partial charge in [0.15, 0.2) is 12.5 Å². The van der Waals surface area contributed by atoms with Gasteiger partial charge in [0.05, 0.1) is 0 Å². The number of hydrogen-bond donors (Lipinski definition) is 0. The van der Waals surface area contributed by atoms with Gasteiger partial charge in [-0.3, -0.25) is 9.59 Å². The van der Waals surface area contributed by atoms with Crippen molar-refractivity contribution in [3.8, 4) is 0 Å². The number of fused-ring (bicyclic) bond motifs is 4. The maximum absolute atomic E-state index is 10.8. The second kappa shape index (κ2) is 15.9. The second-order valence-corrected chi connectivity index (χ2v) is 11.1.